The van der Waals surface area contributed by atoms with E-state index in [-0.39, 0.29) is 11.3 Å². The Hall–Kier alpha value is -1.62. The van der Waals surface area contributed by atoms with Crippen molar-refractivity contribution in [2.45, 2.75) is 5.33 Å². The van der Waals surface area contributed by atoms with Gasteiger partial charge >= 0.3 is 0 Å². The largest absolute Gasteiger partial charge is 0.287 e. The van der Waals surface area contributed by atoms with Crippen molar-refractivity contribution >= 4 is 21.7 Å². The third-order valence-electron chi connectivity index (χ3n) is 2.38. The quantitative estimate of drug-likeness (QED) is 0.641. The van der Waals surface area contributed by atoms with Gasteiger partial charge in [-0.3, -0.25) is 9.78 Å². The van der Waals surface area contributed by atoms with Gasteiger partial charge in [0.25, 0.3) is 0 Å². The second-order valence-electron chi connectivity index (χ2n) is 3.64. The number of hydrogen-bond acceptors (Lipinski definition) is 2. The van der Waals surface area contributed by atoms with Crippen molar-refractivity contribution in [1.29, 1.82) is 0 Å². The summed E-state index contributed by atoms with van der Waals surface area (Å²) in [6.45, 7) is 0. The number of ketones is 1. The summed E-state index contributed by atoms with van der Waals surface area (Å²) in [4.78, 5) is 15.9. The normalized spacial score (nSPS) is 10.4. The molecule has 92 valence electrons. The van der Waals surface area contributed by atoms with Crippen LogP contribution in [-0.4, -0.2) is 10.8 Å². The van der Waals surface area contributed by atoms with Gasteiger partial charge in [0, 0.05) is 11.5 Å². The lowest BCUT2D eigenvalue weighted by atomic mass is 10.1. The van der Waals surface area contributed by atoms with Gasteiger partial charge < -0.3 is 0 Å². The highest BCUT2D eigenvalue weighted by Gasteiger charge is 2.16. The minimum absolute atomic E-state index is 0.0872. The number of nitrogens with zero attached hydrogens (tertiary/aromatic N) is 1. The van der Waals surface area contributed by atoms with Gasteiger partial charge in [0.15, 0.2) is 0 Å². The summed E-state index contributed by atoms with van der Waals surface area (Å²) in [6.07, 6.45) is 1.51. The van der Waals surface area contributed by atoms with E-state index in [9.17, 15) is 13.6 Å². The summed E-state index contributed by atoms with van der Waals surface area (Å²) < 4.78 is 26.4. The number of pyridine rings is 1. The smallest absolute Gasteiger partial charge is 0.214 e. The maximum absolute atomic E-state index is 13.4. The van der Waals surface area contributed by atoms with Crippen LogP contribution < -0.4 is 0 Å². The van der Waals surface area contributed by atoms with E-state index in [0.717, 1.165) is 23.8 Å². The van der Waals surface area contributed by atoms with Gasteiger partial charge in [0.1, 0.15) is 17.3 Å². The van der Waals surface area contributed by atoms with Crippen molar-refractivity contribution in [3.8, 4) is 0 Å². The van der Waals surface area contributed by atoms with E-state index < -0.39 is 17.4 Å². The van der Waals surface area contributed by atoms with Crippen molar-refractivity contribution in [2.75, 3.05) is 0 Å². The summed E-state index contributed by atoms with van der Waals surface area (Å²) in [5.41, 5.74) is 0.671. The van der Waals surface area contributed by atoms with Crippen LogP contribution in [0.25, 0.3) is 0 Å². The predicted molar refractivity (Wildman–Crippen MR) is 66.7 cm³/mol. The Bertz CT molecular complexity index is 584. The number of rotatable bonds is 3. The van der Waals surface area contributed by atoms with Crippen LogP contribution in [0.5, 0.6) is 0 Å². The van der Waals surface area contributed by atoms with Crippen LogP contribution in [-0.2, 0) is 5.33 Å². The zero-order chi connectivity index (χ0) is 13.1. The lowest BCUT2D eigenvalue weighted by Gasteiger charge is -2.03. The molecular formula is C13H8BrF2NO. The molecule has 0 bridgehead atoms. The lowest BCUT2D eigenvalue weighted by molar-refractivity contribution is 0.103. The van der Waals surface area contributed by atoms with E-state index in [1.54, 1.807) is 6.07 Å². The van der Waals surface area contributed by atoms with Crippen molar-refractivity contribution in [3.05, 3.63) is 65.0 Å². The first-order valence-corrected chi connectivity index (χ1v) is 6.24. The van der Waals surface area contributed by atoms with Gasteiger partial charge in [0.05, 0.1) is 5.56 Å². The summed E-state index contributed by atoms with van der Waals surface area (Å²) in [5, 5.41) is 0.614. The van der Waals surface area contributed by atoms with Crippen LogP contribution >= 0.6 is 15.9 Å². The standard InChI is InChI=1S/C13H8BrF2NO/c14-6-8-1-4-12(17-7-8)13(18)10-5-9(15)2-3-11(10)16/h1-5,7H,6H2. The molecule has 0 aliphatic heterocycles. The maximum atomic E-state index is 13.4. The average molecular weight is 312 g/mol. The minimum Gasteiger partial charge on any atom is -0.287 e. The molecule has 1 aromatic carbocycles. The number of halogens is 3. The van der Waals surface area contributed by atoms with Crippen LogP contribution in [0.4, 0.5) is 8.78 Å². The van der Waals surface area contributed by atoms with Crippen LogP contribution in [0.3, 0.4) is 0 Å². The van der Waals surface area contributed by atoms with Crippen molar-refractivity contribution in [1.82, 2.24) is 4.98 Å². The molecule has 0 unspecified atom stereocenters. The third kappa shape index (κ3) is 2.61. The molecule has 0 aliphatic rings. The highest BCUT2D eigenvalue weighted by atomic mass is 79.9. The first kappa shape index (κ1) is 12.8. The van der Waals surface area contributed by atoms with E-state index in [1.807, 2.05) is 0 Å². The molecule has 0 atom stereocenters. The van der Waals surface area contributed by atoms with E-state index in [1.165, 1.54) is 12.3 Å². The Balaban J connectivity index is 2.38. The molecule has 0 radical (unpaired) electrons. The number of carbonyl (C=O) groups is 1. The molecule has 0 amide bonds. The monoisotopic (exact) mass is 311 g/mol. The molecule has 0 aliphatic carbocycles. The van der Waals surface area contributed by atoms with E-state index in [2.05, 4.69) is 20.9 Å². The first-order valence-electron chi connectivity index (χ1n) is 5.12. The molecular weight excluding hydrogens is 304 g/mol. The van der Waals surface area contributed by atoms with Crippen LogP contribution in [0.15, 0.2) is 36.5 Å². The van der Waals surface area contributed by atoms with Gasteiger partial charge in [-0.15, -0.1) is 0 Å². The molecule has 0 saturated carbocycles. The number of hydrogen-bond donors (Lipinski definition) is 0. The zero-order valence-electron chi connectivity index (χ0n) is 9.16. The highest BCUT2D eigenvalue weighted by molar-refractivity contribution is 9.08. The molecule has 2 rings (SSSR count). The SMILES string of the molecule is O=C(c1ccc(CBr)cn1)c1cc(F)ccc1F. The van der Waals surface area contributed by atoms with Crippen molar-refractivity contribution in [2.24, 2.45) is 0 Å². The second-order valence-corrected chi connectivity index (χ2v) is 4.20. The van der Waals surface area contributed by atoms with Gasteiger partial charge in [-0.25, -0.2) is 8.78 Å². The topological polar surface area (TPSA) is 30.0 Å². The van der Waals surface area contributed by atoms with Crippen LogP contribution in [0.2, 0.25) is 0 Å². The van der Waals surface area contributed by atoms with E-state index in [0.29, 0.717) is 5.33 Å². The fourth-order valence-electron chi connectivity index (χ4n) is 1.45. The molecule has 1 aromatic heterocycles. The number of carbonyl (C=O) groups excluding carboxylic acids is 1. The third-order valence-corrected chi connectivity index (χ3v) is 3.03. The molecule has 2 nitrogen and oxygen atoms in total. The Morgan fingerprint density at radius 3 is 2.61 bits per heavy atom. The van der Waals surface area contributed by atoms with Gasteiger partial charge in [0.2, 0.25) is 5.78 Å². The molecule has 0 N–H and O–H groups in total. The molecule has 0 spiro atoms. The molecule has 1 heterocycles. The molecule has 18 heavy (non-hydrogen) atoms. The number of benzene rings is 1. The maximum Gasteiger partial charge on any atom is 0.214 e. The second kappa shape index (κ2) is 5.35. The Morgan fingerprint density at radius 1 is 1.22 bits per heavy atom. The van der Waals surface area contributed by atoms with Gasteiger partial charge in [-0.1, -0.05) is 22.0 Å². The fraction of sp³-hybridized carbons (Fsp3) is 0.0769. The predicted octanol–water partition coefficient (Wildman–Crippen LogP) is 3.49. The van der Waals surface area contributed by atoms with E-state index in [4.69, 9.17) is 0 Å². The summed E-state index contributed by atoms with van der Waals surface area (Å²) in [7, 11) is 0. The Morgan fingerprint density at radius 2 is 2.00 bits per heavy atom. The Labute approximate surface area is 111 Å². The van der Waals surface area contributed by atoms with Gasteiger partial charge in [-0.2, -0.15) is 0 Å². The summed E-state index contributed by atoms with van der Waals surface area (Å²) >= 11 is 3.25. The average Bonchev–Trinajstić information content (AvgIpc) is 2.41. The van der Waals surface area contributed by atoms with Crippen LogP contribution in [0.1, 0.15) is 21.6 Å². The highest BCUT2D eigenvalue weighted by Crippen LogP contribution is 2.14. The lowest BCUT2D eigenvalue weighted by Crippen LogP contribution is -2.07. The molecule has 2 aromatic rings. The van der Waals surface area contributed by atoms with Crippen molar-refractivity contribution in [3.63, 3.8) is 0 Å². The van der Waals surface area contributed by atoms with Crippen molar-refractivity contribution < 1.29 is 13.6 Å². The molecule has 0 saturated heterocycles. The molecule has 5 heteroatoms. The van der Waals surface area contributed by atoms with Gasteiger partial charge in [-0.05, 0) is 29.8 Å². The Kier molecular flexibility index (Phi) is 3.81. The number of aromatic nitrogens is 1. The summed E-state index contributed by atoms with van der Waals surface area (Å²) in [6, 6.07) is 5.95. The first-order chi connectivity index (χ1) is 8.61. The number of alkyl halides is 1. The summed E-state index contributed by atoms with van der Waals surface area (Å²) in [5.74, 6) is -2.04. The zero-order valence-corrected chi connectivity index (χ0v) is 10.7. The minimum atomic E-state index is -0.757. The van der Waals surface area contributed by atoms with E-state index >= 15 is 0 Å². The fourth-order valence-corrected chi connectivity index (χ4v) is 1.78. The molecule has 0 fully saturated rings. The van der Waals surface area contributed by atoms with Crippen LogP contribution in [0, 0.1) is 11.6 Å².